The van der Waals surface area contributed by atoms with Crippen LogP contribution in [0.15, 0.2) is 48.5 Å². The molecule has 0 radical (unpaired) electrons. The summed E-state index contributed by atoms with van der Waals surface area (Å²) in [6.45, 7) is 0. The average Bonchev–Trinajstić information content (AvgIpc) is 2.92. The maximum atomic E-state index is 12.9. The molecule has 22 heavy (non-hydrogen) atoms. The van der Waals surface area contributed by atoms with Gasteiger partial charge < -0.3 is 5.32 Å². The van der Waals surface area contributed by atoms with Gasteiger partial charge in [0.1, 0.15) is 6.04 Å². The number of carbonyl (C=O) groups excluding carboxylic acids is 2. The van der Waals surface area contributed by atoms with Crippen LogP contribution in [0.2, 0.25) is 5.02 Å². The normalized spacial score (nSPS) is 16.3. The molecule has 1 N–H and O–H groups in total. The van der Waals surface area contributed by atoms with Crippen LogP contribution in [0.4, 0.5) is 5.69 Å². The van der Waals surface area contributed by atoms with Gasteiger partial charge in [-0.25, -0.2) is 0 Å². The maximum absolute atomic E-state index is 12.9. The number of para-hydroxylation sites is 1. The summed E-state index contributed by atoms with van der Waals surface area (Å²) in [5, 5.41) is 3.13. The molecule has 0 aromatic heterocycles. The second-order valence-corrected chi connectivity index (χ2v) is 5.58. The van der Waals surface area contributed by atoms with E-state index in [0.29, 0.717) is 17.0 Å². The van der Waals surface area contributed by atoms with Crippen molar-refractivity contribution in [2.45, 2.75) is 12.5 Å². The SMILES string of the molecule is CNC(=O)C1Cc2ccccc2N1C(=O)c1cccc(Cl)c1. The van der Waals surface area contributed by atoms with Gasteiger partial charge in [-0.05, 0) is 29.8 Å². The van der Waals surface area contributed by atoms with Crippen molar-refractivity contribution in [2.24, 2.45) is 0 Å². The Morgan fingerprint density at radius 3 is 2.68 bits per heavy atom. The zero-order valence-electron chi connectivity index (χ0n) is 12.0. The van der Waals surface area contributed by atoms with Gasteiger partial charge in [-0.15, -0.1) is 0 Å². The van der Waals surface area contributed by atoms with Crippen molar-refractivity contribution in [3.63, 3.8) is 0 Å². The zero-order chi connectivity index (χ0) is 15.7. The number of benzene rings is 2. The molecular weight excluding hydrogens is 300 g/mol. The van der Waals surface area contributed by atoms with Crippen molar-refractivity contribution >= 4 is 29.1 Å². The number of carbonyl (C=O) groups is 2. The summed E-state index contributed by atoms with van der Waals surface area (Å²) in [7, 11) is 1.58. The molecule has 1 atom stereocenters. The molecular formula is C17H15ClN2O2. The second kappa shape index (κ2) is 5.81. The Kier molecular flexibility index (Phi) is 3.86. The first-order valence-electron chi connectivity index (χ1n) is 7.00. The van der Waals surface area contributed by atoms with Crippen LogP contribution in [0, 0.1) is 0 Å². The number of anilines is 1. The molecule has 0 bridgehead atoms. The summed E-state index contributed by atoms with van der Waals surface area (Å²) >= 11 is 5.97. The first-order valence-corrected chi connectivity index (χ1v) is 7.38. The fourth-order valence-corrected chi connectivity index (χ4v) is 2.96. The number of hydrogen-bond acceptors (Lipinski definition) is 2. The second-order valence-electron chi connectivity index (χ2n) is 5.15. The van der Waals surface area contributed by atoms with Gasteiger partial charge in [0, 0.05) is 29.7 Å². The van der Waals surface area contributed by atoms with Gasteiger partial charge in [0.25, 0.3) is 5.91 Å². The van der Waals surface area contributed by atoms with E-state index in [0.717, 1.165) is 11.3 Å². The number of hydrogen-bond donors (Lipinski definition) is 1. The molecule has 1 heterocycles. The van der Waals surface area contributed by atoms with Gasteiger partial charge in [-0.1, -0.05) is 35.9 Å². The Labute approximate surface area is 133 Å². The lowest BCUT2D eigenvalue weighted by Crippen LogP contribution is -2.47. The quantitative estimate of drug-likeness (QED) is 0.926. The molecule has 0 saturated heterocycles. The molecule has 1 aliphatic rings. The lowest BCUT2D eigenvalue weighted by Gasteiger charge is -2.24. The van der Waals surface area contributed by atoms with Gasteiger partial charge in [-0.2, -0.15) is 0 Å². The summed E-state index contributed by atoms with van der Waals surface area (Å²) in [5.74, 6) is -0.396. The minimum Gasteiger partial charge on any atom is -0.357 e. The molecule has 1 aliphatic heterocycles. The highest BCUT2D eigenvalue weighted by Crippen LogP contribution is 2.33. The van der Waals surface area contributed by atoms with Gasteiger partial charge in [0.05, 0.1) is 0 Å². The standard InChI is InChI=1S/C17H15ClN2O2/c1-19-16(21)15-10-11-5-2-3-8-14(11)20(15)17(22)12-6-4-7-13(18)9-12/h2-9,15H,10H2,1H3,(H,19,21). The Bertz CT molecular complexity index is 745. The molecule has 0 aliphatic carbocycles. The van der Waals surface area contributed by atoms with Crippen LogP contribution in [0.5, 0.6) is 0 Å². The highest BCUT2D eigenvalue weighted by atomic mass is 35.5. The summed E-state index contributed by atoms with van der Waals surface area (Å²) in [6, 6.07) is 13.8. The fourth-order valence-electron chi connectivity index (χ4n) is 2.77. The molecule has 2 aromatic carbocycles. The number of fused-ring (bicyclic) bond motifs is 1. The molecule has 0 saturated carbocycles. The number of nitrogens with one attached hydrogen (secondary N) is 1. The lowest BCUT2D eigenvalue weighted by atomic mass is 10.1. The van der Waals surface area contributed by atoms with Crippen LogP contribution in [-0.4, -0.2) is 24.9 Å². The summed E-state index contributed by atoms with van der Waals surface area (Å²) in [4.78, 5) is 26.6. The molecule has 5 heteroatoms. The van der Waals surface area contributed by atoms with Crippen LogP contribution in [0.25, 0.3) is 0 Å². The van der Waals surface area contributed by atoms with Gasteiger partial charge in [0.2, 0.25) is 5.91 Å². The molecule has 0 fully saturated rings. The number of likely N-dealkylation sites (N-methyl/N-ethyl adjacent to an activating group) is 1. The molecule has 0 spiro atoms. The fraction of sp³-hybridized carbons (Fsp3) is 0.176. The van der Waals surface area contributed by atoms with Gasteiger partial charge >= 0.3 is 0 Å². The smallest absolute Gasteiger partial charge is 0.259 e. The number of halogens is 1. The average molecular weight is 315 g/mol. The number of nitrogens with zero attached hydrogens (tertiary/aromatic N) is 1. The predicted molar refractivity (Wildman–Crippen MR) is 86.3 cm³/mol. The van der Waals surface area contributed by atoms with Gasteiger partial charge in [0.15, 0.2) is 0 Å². The first-order chi connectivity index (χ1) is 10.6. The van der Waals surface area contributed by atoms with E-state index >= 15 is 0 Å². The highest BCUT2D eigenvalue weighted by Gasteiger charge is 2.38. The minimum absolute atomic E-state index is 0.174. The largest absolute Gasteiger partial charge is 0.357 e. The summed E-state index contributed by atoms with van der Waals surface area (Å²) in [5.41, 5.74) is 2.24. The third-order valence-electron chi connectivity index (χ3n) is 3.82. The van der Waals surface area contributed by atoms with E-state index < -0.39 is 6.04 Å². The first kappa shape index (κ1) is 14.6. The van der Waals surface area contributed by atoms with Crippen molar-refractivity contribution < 1.29 is 9.59 Å². The lowest BCUT2D eigenvalue weighted by molar-refractivity contribution is -0.121. The van der Waals surface area contributed by atoms with E-state index in [1.807, 2.05) is 24.3 Å². The van der Waals surface area contributed by atoms with E-state index in [1.54, 1.807) is 36.2 Å². The molecule has 112 valence electrons. The van der Waals surface area contributed by atoms with E-state index in [9.17, 15) is 9.59 Å². The topological polar surface area (TPSA) is 49.4 Å². The molecule has 3 rings (SSSR count). The van der Waals surface area contributed by atoms with E-state index in [4.69, 9.17) is 11.6 Å². The molecule has 1 unspecified atom stereocenters. The monoisotopic (exact) mass is 314 g/mol. The van der Waals surface area contributed by atoms with Crippen LogP contribution in [0.3, 0.4) is 0 Å². The van der Waals surface area contributed by atoms with Crippen molar-refractivity contribution in [3.8, 4) is 0 Å². The summed E-state index contributed by atoms with van der Waals surface area (Å²) < 4.78 is 0. The van der Waals surface area contributed by atoms with Crippen LogP contribution < -0.4 is 10.2 Å². The Balaban J connectivity index is 2.04. The van der Waals surface area contributed by atoms with E-state index in [-0.39, 0.29) is 11.8 Å². The highest BCUT2D eigenvalue weighted by molar-refractivity contribution is 6.31. The Hall–Kier alpha value is -2.33. The van der Waals surface area contributed by atoms with Gasteiger partial charge in [-0.3, -0.25) is 14.5 Å². The predicted octanol–water partition coefficient (Wildman–Crippen LogP) is 2.66. The molecule has 4 nitrogen and oxygen atoms in total. The maximum Gasteiger partial charge on any atom is 0.259 e. The molecule has 2 amide bonds. The molecule has 2 aromatic rings. The number of rotatable bonds is 2. The third-order valence-corrected chi connectivity index (χ3v) is 4.05. The minimum atomic E-state index is -0.533. The van der Waals surface area contributed by atoms with Crippen LogP contribution >= 0.6 is 11.6 Å². The Morgan fingerprint density at radius 1 is 1.18 bits per heavy atom. The zero-order valence-corrected chi connectivity index (χ0v) is 12.8. The van der Waals surface area contributed by atoms with Crippen molar-refractivity contribution in [1.29, 1.82) is 0 Å². The third kappa shape index (κ3) is 2.46. The summed E-state index contributed by atoms with van der Waals surface area (Å²) in [6.07, 6.45) is 0.516. The number of amides is 2. The van der Waals surface area contributed by atoms with Crippen LogP contribution in [-0.2, 0) is 11.2 Å². The van der Waals surface area contributed by atoms with Crippen molar-refractivity contribution in [1.82, 2.24) is 5.32 Å². The van der Waals surface area contributed by atoms with Crippen LogP contribution in [0.1, 0.15) is 15.9 Å². The van der Waals surface area contributed by atoms with Crippen molar-refractivity contribution in [2.75, 3.05) is 11.9 Å². The Morgan fingerprint density at radius 2 is 1.95 bits per heavy atom. The van der Waals surface area contributed by atoms with Crippen molar-refractivity contribution in [3.05, 3.63) is 64.7 Å². The van der Waals surface area contributed by atoms with E-state index in [2.05, 4.69) is 5.32 Å². The van der Waals surface area contributed by atoms with E-state index in [1.165, 1.54) is 0 Å².